The van der Waals surface area contributed by atoms with Crippen LogP contribution in [0.2, 0.25) is 0 Å². The van der Waals surface area contributed by atoms with Crippen molar-refractivity contribution >= 4 is 29.1 Å². The molecule has 1 fully saturated rings. The van der Waals surface area contributed by atoms with Crippen LogP contribution in [0.1, 0.15) is 11.1 Å². The number of rotatable bonds is 8. The van der Waals surface area contributed by atoms with E-state index in [-0.39, 0.29) is 0 Å². The fraction of sp³-hybridized carbons (Fsp3) is 0.321. The number of anilines is 3. The Balaban J connectivity index is 1.25. The highest BCUT2D eigenvalue weighted by Crippen LogP contribution is 2.34. The van der Waals surface area contributed by atoms with Crippen molar-refractivity contribution in [1.29, 1.82) is 0 Å². The summed E-state index contributed by atoms with van der Waals surface area (Å²) < 4.78 is 13.0. The van der Waals surface area contributed by atoms with E-state index in [9.17, 15) is 0 Å². The van der Waals surface area contributed by atoms with Gasteiger partial charge in [0.05, 0.1) is 31.6 Å². The lowest BCUT2D eigenvalue weighted by molar-refractivity contribution is 0.144. The molecule has 0 amide bonds. The summed E-state index contributed by atoms with van der Waals surface area (Å²) >= 11 is 0. The van der Waals surface area contributed by atoms with Crippen molar-refractivity contribution in [2.45, 2.75) is 6.54 Å². The van der Waals surface area contributed by atoms with Gasteiger partial charge in [-0.15, -0.1) is 0 Å². The minimum Gasteiger partial charge on any atom is -0.495 e. The van der Waals surface area contributed by atoms with Crippen molar-refractivity contribution in [3.05, 3.63) is 66.1 Å². The van der Waals surface area contributed by atoms with Crippen LogP contribution in [-0.2, 0) is 11.3 Å². The fourth-order valence-electron chi connectivity index (χ4n) is 5.01. The maximum Gasteiger partial charge on any atom is 0.180 e. The number of benzene rings is 2. The van der Waals surface area contributed by atoms with Crippen LogP contribution in [0.25, 0.3) is 16.9 Å². The smallest absolute Gasteiger partial charge is 0.180 e. The Morgan fingerprint density at radius 2 is 1.92 bits per heavy atom. The van der Waals surface area contributed by atoms with Gasteiger partial charge in [-0.05, 0) is 29.3 Å². The zero-order valence-electron chi connectivity index (χ0n) is 21.2. The minimum absolute atomic E-state index is 0.695. The number of fused-ring (bicyclic) bond motifs is 2. The van der Waals surface area contributed by atoms with Crippen molar-refractivity contribution in [1.82, 2.24) is 19.3 Å². The number of imidazole rings is 1. The van der Waals surface area contributed by atoms with Crippen LogP contribution in [0.4, 0.5) is 17.2 Å². The molecule has 2 aliphatic heterocycles. The van der Waals surface area contributed by atoms with Crippen LogP contribution in [0, 0.1) is 0 Å². The van der Waals surface area contributed by atoms with E-state index in [1.54, 1.807) is 20.4 Å². The van der Waals surface area contributed by atoms with Gasteiger partial charge < -0.3 is 24.1 Å². The molecule has 1 N–H and O–H groups in total. The predicted octanol–water partition coefficient (Wildman–Crippen LogP) is 3.85. The molecule has 0 bridgehead atoms. The van der Waals surface area contributed by atoms with Gasteiger partial charge in [0.25, 0.3) is 0 Å². The second-order valence-electron chi connectivity index (χ2n) is 9.35. The second-order valence-corrected chi connectivity index (χ2v) is 9.35. The first-order valence-electron chi connectivity index (χ1n) is 12.6. The number of ether oxygens (including phenoxy) is 2. The molecule has 0 aliphatic carbocycles. The Kier molecular flexibility index (Phi) is 6.46. The van der Waals surface area contributed by atoms with E-state index in [1.807, 2.05) is 29.1 Å². The first-order valence-corrected chi connectivity index (χ1v) is 12.6. The van der Waals surface area contributed by atoms with Gasteiger partial charge >= 0.3 is 0 Å². The standard InChI is InChI=1S/C28H31N7O2/c1-36-14-13-33-9-11-34(12-10-33)25-6-5-23(16-26(25)37-2)31-27-28-30-7-8-35(28)19-24(32-27)20-3-4-21-17-29-18-22(21)15-20/h3-8,15-17,19H,9-14,18H2,1-2H3,(H,31,32). The molecule has 0 spiro atoms. The zero-order valence-corrected chi connectivity index (χ0v) is 21.2. The lowest BCUT2D eigenvalue weighted by Crippen LogP contribution is -2.47. The normalized spacial score (nSPS) is 15.4. The fourth-order valence-corrected chi connectivity index (χ4v) is 5.01. The number of hydrogen-bond acceptors (Lipinski definition) is 8. The third-order valence-electron chi connectivity index (χ3n) is 7.07. The maximum atomic E-state index is 5.81. The number of aliphatic imine (C=N–C) groups is 1. The lowest BCUT2D eigenvalue weighted by atomic mass is 10.0. The summed E-state index contributed by atoms with van der Waals surface area (Å²) in [7, 11) is 3.48. The average molecular weight is 498 g/mol. The zero-order chi connectivity index (χ0) is 25.2. The number of methoxy groups -OCH3 is 2. The highest BCUT2D eigenvalue weighted by molar-refractivity contribution is 5.86. The van der Waals surface area contributed by atoms with E-state index in [2.05, 4.69) is 55.4 Å². The van der Waals surface area contributed by atoms with Crippen LogP contribution in [0.5, 0.6) is 5.75 Å². The molecule has 2 aromatic heterocycles. The number of nitrogens with one attached hydrogen (secondary N) is 1. The van der Waals surface area contributed by atoms with Crippen LogP contribution < -0.4 is 15.0 Å². The van der Waals surface area contributed by atoms with Crippen molar-refractivity contribution in [3.63, 3.8) is 0 Å². The maximum absolute atomic E-state index is 5.81. The third-order valence-corrected chi connectivity index (χ3v) is 7.07. The van der Waals surface area contributed by atoms with E-state index >= 15 is 0 Å². The average Bonchev–Trinajstić information content (AvgIpc) is 3.61. The molecule has 9 heteroatoms. The summed E-state index contributed by atoms with van der Waals surface area (Å²) in [4.78, 5) is 18.7. The Bertz CT molecular complexity index is 1440. The van der Waals surface area contributed by atoms with Gasteiger partial charge in [0.2, 0.25) is 0 Å². The topological polar surface area (TPSA) is 79.5 Å². The van der Waals surface area contributed by atoms with Crippen molar-refractivity contribution in [2.24, 2.45) is 4.99 Å². The van der Waals surface area contributed by atoms with E-state index in [0.29, 0.717) is 5.82 Å². The highest BCUT2D eigenvalue weighted by Gasteiger charge is 2.20. The second kappa shape index (κ2) is 10.2. The molecule has 9 nitrogen and oxygen atoms in total. The minimum atomic E-state index is 0.695. The molecule has 4 heterocycles. The molecule has 4 aromatic rings. The van der Waals surface area contributed by atoms with Crippen molar-refractivity contribution in [2.75, 3.05) is 63.8 Å². The Morgan fingerprint density at radius 1 is 1.03 bits per heavy atom. The van der Waals surface area contributed by atoms with Gasteiger partial charge in [-0.3, -0.25) is 9.89 Å². The molecule has 0 atom stereocenters. The summed E-state index contributed by atoms with van der Waals surface area (Å²) in [5.74, 6) is 1.53. The molecule has 0 saturated carbocycles. The van der Waals surface area contributed by atoms with Gasteiger partial charge in [0.1, 0.15) is 5.75 Å². The van der Waals surface area contributed by atoms with Gasteiger partial charge in [-0.1, -0.05) is 12.1 Å². The molecule has 6 rings (SSSR count). The Labute approximate surface area is 216 Å². The Hall–Kier alpha value is -3.95. The summed E-state index contributed by atoms with van der Waals surface area (Å²) in [6.45, 7) is 6.39. The van der Waals surface area contributed by atoms with E-state index in [4.69, 9.17) is 14.5 Å². The molecule has 37 heavy (non-hydrogen) atoms. The van der Waals surface area contributed by atoms with Gasteiger partial charge in [-0.25, -0.2) is 9.97 Å². The van der Waals surface area contributed by atoms with E-state index in [0.717, 1.165) is 79.9 Å². The quantitative estimate of drug-likeness (QED) is 0.396. The third kappa shape index (κ3) is 4.75. The molecular weight excluding hydrogens is 466 g/mol. The summed E-state index contributed by atoms with van der Waals surface area (Å²) in [5.41, 5.74) is 7.10. The summed E-state index contributed by atoms with van der Waals surface area (Å²) in [6, 6.07) is 12.6. The SMILES string of the molecule is COCCN1CCN(c2ccc(Nc3nc(-c4ccc5c(c4)CN=C5)cn4ccnc34)cc2OC)CC1. The molecule has 0 radical (unpaired) electrons. The monoisotopic (exact) mass is 497 g/mol. The van der Waals surface area contributed by atoms with Crippen molar-refractivity contribution < 1.29 is 9.47 Å². The first-order chi connectivity index (χ1) is 18.2. The van der Waals surface area contributed by atoms with Gasteiger partial charge in [-0.2, -0.15) is 0 Å². The summed E-state index contributed by atoms with van der Waals surface area (Å²) in [6.07, 6.45) is 7.68. The first kappa shape index (κ1) is 23.4. The molecule has 2 aliphatic rings. The highest BCUT2D eigenvalue weighted by atomic mass is 16.5. The van der Waals surface area contributed by atoms with E-state index in [1.165, 1.54) is 11.1 Å². The van der Waals surface area contributed by atoms with Crippen molar-refractivity contribution in [3.8, 4) is 17.0 Å². The van der Waals surface area contributed by atoms with Gasteiger partial charge in [0, 0.05) is 82.0 Å². The molecular formula is C28H31N7O2. The predicted molar refractivity (Wildman–Crippen MR) is 147 cm³/mol. The number of piperazine rings is 1. The van der Waals surface area contributed by atoms with E-state index < -0.39 is 0 Å². The van der Waals surface area contributed by atoms with Crippen LogP contribution in [0.3, 0.4) is 0 Å². The molecule has 0 unspecified atom stereocenters. The largest absolute Gasteiger partial charge is 0.495 e. The summed E-state index contributed by atoms with van der Waals surface area (Å²) in [5, 5.41) is 3.49. The van der Waals surface area contributed by atoms with Gasteiger partial charge in [0.15, 0.2) is 11.5 Å². The molecule has 2 aromatic carbocycles. The molecule has 190 valence electrons. The van der Waals surface area contributed by atoms with Crippen LogP contribution in [0.15, 0.2) is 60.0 Å². The molecule has 1 saturated heterocycles. The van der Waals surface area contributed by atoms with Crippen LogP contribution >= 0.6 is 0 Å². The number of aromatic nitrogens is 3. The lowest BCUT2D eigenvalue weighted by Gasteiger charge is -2.36. The number of nitrogens with zero attached hydrogens (tertiary/aromatic N) is 6. The Morgan fingerprint density at radius 3 is 2.76 bits per heavy atom. The van der Waals surface area contributed by atoms with Crippen LogP contribution in [-0.4, -0.2) is 79.0 Å². The number of hydrogen-bond donors (Lipinski definition) is 1.